The van der Waals surface area contributed by atoms with Crippen LogP contribution in [0.3, 0.4) is 0 Å². The summed E-state index contributed by atoms with van der Waals surface area (Å²) < 4.78 is 5.43. The van der Waals surface area contributed by atoms with Crippen LogP contribution in [0.25, 0.3) is 0 Å². The predicted octanol–water partition coefficient (Wildman–Crippen LogP) is 4.07. The highest BCUT2D eigenvalue weighted by atomic mass is 16.5. The number of anilines is 1. The van der Waals surface area contributed by atoms with Crippen LogP contribution in [0.5, 0.6) is 5.75 Å². The first kappa shape index (κ1) is 18.2. The molecule has 1 saturated heterocycles. The van der Waals surface area contributed by atoms with Crippen molar-refractivity contribution in [2.75, 3.05) is 11.5 Å². The lowest BCUT2D eigenvalue weighted by Crippen LogP contribution is -2.31. The normalized spacial score (nSPS) is 19.9. The van der Waals surface area contributed by atoms with E-state index in [1.54, 1.807) is 24.3 Å². The highest BCUT2D eigenvalue weighted by Gasteiger charge is 2.45. The van der Waals surface area contributed by atoms with Crippen LogP contribution in [-0.2, 0) is 16.0 Å². The molecule has 1 aliphatic heterocycles. The number of carbonyl (C=O) groups is 2. The van der Waals surface area contributed by atoms with E-state index in [1.807, 2.05) is 27.7 Å². The van der Waals surface area contributed by atoms with E-state index in [9.17, 15) is 9.59 Å². The van der Waals surface area contributed by atoms with Crippen molar-refractivity contribution in [2.24, 2.45) is 11.8 Å². The van der Waals surface area contributed by atoms with Gasteiger partial charge in [0.2, 0.25) is 11.8 Å². The zero-order chi connectivity index (χ0) is 18.8. The third kappa shape index (κ3) is 3.50. The summed E-state index contributed by atoms with van der Waals surface area (Å²) in [5, 5.41) is 0. The first-order valence-electron chi connectivity index (χ1n) is 9.08. The number of hydrogen-bond acceptors (Lipinski definition) is 3. The van der Waals surface area contributed by atoms with Crippen LogP contribution < -0.4 is 9.64 Å². The molecule has 0 unspecified atom stereocenters. The van der Waals surface area contributed by atoms with Gasteiger partial charge in [0, 0.05) is 5.92 Å². The largest absolute Gasteiger partial charge is 0.494 e. The highest BCUT2D eigenvalue weighted by molar-refractivity contribution is 6.22. The number of ether oxygens (including phenoxy) is 1. The third-order valence-electron chi connectivity index (χ3n) is 4.89. The molecule has 4 heteroatoms. The molecular formula is C22H25NO3. The summed E-state index contributed by atoms with van der Waals surface area (Å²) in [6, 6.07) is 13.4. The maximum atomic E-state index is 13.0. The van der Waals surface area contributed by atoms with Gasteiger partial charge < -0.3 is 4.74 Å². The molecule has 4 nitrogen and oxygen atoms in total. The number of amides is 2. The Morgan fingerprint density at radius 3 is 2.15 bits per heavy atom. The molecule has 0 spiro atoms. The first-order chi connectivity index (χ1) is 12.4. The molecule has 0 aliphatic carbocycles. The van der Waals surface area contributed by atoms with Gasteiger partial charge in [-0.1, -0.05) is 36.2 Å². The summed E-state index contributed by atoms with van der Waals surface area (Å²) >= 11 is 0. The van der Waals surface area contributed by atoms with Crippen LogP contribution in [0.2, 0.25) is 0 Å². The quantitative estimate of drug-likeness (QED) is 0.763. The summed E-state index contributed by atoms with van der Waals surface area (Å²) in [5.74, 6) is -0.167. The molecule has 2 amide bonds. The minimum Gasteiger partial charge on any atom is -0.494 e. The van der Waals surface area contributed by atoms with E-state index < -0.39 is 0 Å². The van der Waals surface area contributed by atoms with E-state index in [0.29, 0.717) is 18.7 Å². The molecule has 1 fully saturated rings. The van der Waals surface area contributed by atoms with Gasteiger partial charge in [0.15, 0.2) is 0 Å². The van der Waals surface area contributed by atoms with Gasteiger partial charge >= 0.3 is 0 Å². The van der Waals surface area contributed by atoms with E-state index in [0.717, 1.165) is 11.3 Å². The van der Waals surface area contributed by atoms with Crippen LogP contribution in [0.4, 0.5) is 5.69 Å². The van der Waals surface area contributed by atoms with Crippen molar-refractivity contribution in [1.29, 1.82) is 0 Å². The van der Waals surface area contributed by atoms with Gasteiger partial charge in [-0.15, -0.1) is 0 Å². The number of carbonyl (C=O) groups excluding carboxylic acids is 2. The highest BCUT2D eigenvalue weighted by Crippen LogP contribution is 2.34. The average molecular weight is 351 g/mol. The fourth-order valence-corrected chi connectivity index (χ4v) is 3.68. The molecule has 1 aliphatic rings. The number of hydrogen-bond donors (Lipinski definition) is 0. The Kier molecular flexibility index (Phi) is 5.12. The standard InChI is InChI=1S/C22H25NO3/c1-5-26-19-8-6-18(7-9-19)23-21(24)16(4)20(22(23)25)13-17-11-14(2)10-15(3)12-17/h6-12,16,20H,5,13H2,1-4H3/t16-,20+/m1/s1. The van der Waals surface area contributed by atoms with E-state index in [1.165, 1.54) is 16.0 Å². The van der Waals surface area contributed by atoms with Gasteiger partial charge in [-0.25, -0.2) is 0 Å². The second-order valence-electron chi connectivity index (χ2n) is 7.03. The maximum absolute atomic E-state index is 13.0. The fraction of sp³-hybridized carbons (Fsp3) is 0.364. The lowest BCUT2D eigenvalue weighted by Gasteiger charge is -2.16. The Bertz CT molecular complexity index is 806. The lowest BCUT2D eigenvalue weighted by atomic mass is 9.89. The molecule has 0 radical (unpaired) electrons. The van der Waals surface area contributed by atoms with Crippen LogP contribution in [0.15, 0.2) is 42.5 Å². The number of benzene rings is 2. The van der Waals surface area contributed by atoms with Gasteiger partial charge in [-0.3, -0.25) is 14.5 Å². The Morgan fingerprint density at radius 1 is 0.962 bits per heavy atom. The Morgan fingerprint density at radius 2 is 1.58 bits per heavy atom. The average Bonchev–Trinajstić information content (AvgIpc) is 2.79. The van der Waals surface area contributed by atoms with Gasteiger partial charge in [0.25, 0.3) is 0 Å². The third-order valence-corrected chi connectivity index (χ3v) is 4.89. The van der Waals surface area contributed by atoms with E-state index in [-0.39, 0.29) is 23.7 Å². The molecular weight excluding hydrogens is 326 g/mol. The van der Waals surface area contributed by atoms with Gasteiger partial charge in [0.1, 0.15) is 5.75 Å². The first-order valence-corrected chi connectivity index (χ1v) is 9.08. The Balaban J connectivity index is 1.84. The molecule has 2 aromatic carbocycles. The molecule has 2 aromatic rings. The Labute approximate surface area is 154 Å². The zero-order valence-electron chi connectivity index (χ0n) is 15.8. The van der Waals surface area contributed by atoms with Crippen LogP contribution in [0, 0.1) is 25.7 Å². The second kappa shape index (κ2) is 7.32. The SMILES string of the molecule is CCOc1ccc(N2C(=O)[C@@H](Cc3cc(C)cc(C)c3)[C@@H](C)C2=O)cc1. The molecule has 0 aromatic heterocycles. The van der Waals surface area contributed by atoms with Crippen molar-refractivity contribution >= 4 is 17.5 Å². The van der Waals surface area contributed by atoms with Crippen molar-refractivity contribution in [3.8, 4) is 5.75 Å². The monoisotopic (exact) mass is 351 g/mol. The number of rotatable bonds is 5. The zero-order valence-corrected chi connectivity index (χ0v) is 15.8. The molecule has 0 saturated carbocycles. The van der Waals surface area contributed by atoms with E-state index in [4.69, 9.17) is 4.74 Å². The molecule has 136 valence electrons. The summed E-state index contributed by atoms with van der Waals surface area (Å²) in [4.78, 5) is 27.0. The maximum Gasteiger partial charge on any atom is 0.238 e. The smallest absolute Gasteiger partial charge is 0.238 e. The molecule has 1 heterocycles. The van der Waals surface area contributed by atoms with Crippen molar-refractivity contribution in [3.63, 3.8) is 0 Å². The molecule has 0 bridgehead atoms. The van der Waals surface area contributed by atoms with Gasteiger partial charge in [-0.2, -0.15) is 0 Å². The summed E-state index contributed by atoms with van der Waals surface area (Å²) in [6.45, 7) is 8.44. The summed E-state index contributed by atoms with van der Waals surface area (Å²) in [7, 11) is 0. The van der Waals surface area contributed by atoms with Gasteiger partial charge in [0.05, 0.1) is 18.2 Å². The van der Waals surface area contributed by atoms with Crippen molar-refractivity contribution < 1.29 is 14.3 Å². The second-order valence-corrected chi connectivity index (χ2v) is 7.03. The van der Waals surface area contributed by atoms with Crippen LogP contribution in [-0.4, -0.2) is 18.4 Å². The van der Waals surface area contributed by atoms with Crippen LogP contribution in [0.1, 0.15) is 30.5 Å². The topological polar surface area (TPSA) is 46.6 Å². The van der Waals surface area contributed by atoms with Crippen molar-refractivity contribution in [1.82, 2.24) is 0 Å². The van der Waals surface area contributed by atoms with Crippen molar-refractivity contribution in [3.05, 3.63) is 59.2 Å². The number of aryl methyl sites for hydroxylation is 2. The lowest BCUT2D eigenvalue weighted by molar-refractivity contribution is -0.122. The minimum atomic E-state index is -0.324. The van der Waals surface area contributed by atoms with E-state index >= 15 is 0 Å². The molecule has 26 heavy (non-hydrogen) atoms. The number of nitrogens with zero attached hydrogens (tertiary/aromatic N) is 1. The van der Waals surface area contributed by atoms with Crippen LogP contribution >= 0.6 is 0 Å². The Hall–Kier alpha value is -2.62. The molecule has 0 N–H and O–H groups in total. The molecule has 3 rings (SSSR count). The predicted molar refractivity (Wildman–Crippen MR) is 102 cm³/mol. The molecule has 2 atom stereocenters. The van der Waals surface area contributed by atoms with Crippen molar-refractivity contribution in [2.45, 2.75) is 34.1 Å². The minimum absolute atomic E-state index is 0.120. The van der Waals surface area contributed by atoms with Gasteiger partial charge in [-0.05, 0) is 57.0 Å². The number of imide groups is 1. The summed E-state index contributed by atoms with van der Waals surface area (Å²) in [6.07, 6.45) is 0.585. The van der Waals surface area contributed by atoms with E-state index in [2.05, 4.69) is 18.2 Å². The fourth-order valence-electron chi connectivity index (χ4n) is 3.68. The summed E-state index contributed by atoms with van der Waals surface area (Å²) in [5.41, 5.74) is 4.06.